The number of benzene rings is 3. The summed E-state index contributed by atoms with van der Waals surface area (Å²) in [4.78, 5) is 12.0. The van der Waals surface area contributed by atoms with E-state index in [-0.39, 0.29) is 38.0 Å². The van der Waals surface area contributed by atoms with Crippen LogP contribution in [-0.4, -0.2) is 11.0 Å². The van der Waals surface area contributed by atoms with Gasteiger partial charge in [-0.2, -0.15) is 13.2 Å². The smallest absolute Gasteiger partial charge is 0.416 e. The van der Waals surface area contributed by atoms with Gasteiger partial charge in [-0.05, 0) is 53.6 Å². The molecule has 3 nitrogen and oxygen atoms in total. The van der Waals surface area contributed by atoms with Gasteiger partial charge >= 0.3 is 6.18 Å². The van der Waals surface area contributed by atoms with Crippen molar-refractivity contribution in [1.29, 1.82) is 0 Å². The maximum atomic E-state index is 13.4. The molecule has 8 heteroatoms. The Bertz CT molecular complexity index is 1060. The average Bonchev–Trinajstić information content (AvgIpc) is 2.62. The number of hydrogen-bond acceptors (Lipinski definition) is 2. The highest BCUT2D eigenvalue weighted by molar-refractivity contribution is 6.35. The summed E-state index contributed by atoms with van der Waals surface area (Å²) in [6.45, 7) is 0. The number of rotatable bonds is 3. The molecule has 0 aliphatic heterocycles. The van der Waals surface area contributed by atoms with Crippen molar-refractivity contribution < 1.29 is 23.1 Å². The average molecular weight is 426 g/mol. The molecule has 3 aromatic rings. The number of hydrogen-bond donors (Lipinski definition) is 2. The first-order chi connectivity index (χ1) is 13.1. The molecule has 0 radical (unpaired) electrons. The standard InChI is InChI=1S/C20H12Cl2F3NO2/c21-12-3-6-17(22)15(9-12)18-14(10-1-4-13(27)5-2-10)7-11(20(23,24)25)8-16(18)19(26)28/h1-9,27H,(H2,26,28). The van der Waals surface area contributed by atoms with E-state index in [1.807, 2.05) is 0 Å². The third kappa shape index (κ3) is 3.93. The second-order valence-electron chi connectivity index (χ2n) is 5.98. The van der Waals surface area contributed by atoms with E-state index in [1.54, 1.807) is 0 Å². The van der Waals surface area contributed by atoms with Crippen LogP contribution in [0.4, 0.5) is 13.2 Å². The minimum Gasteiger partial charge on any atom is -0.508 e. The predicted molar refractivity (Wildman–Crippen MR) is 103 cm³/mol. The number of phenols is 1. The molecule has 0 fully saturated rings. The van der Waals surface area contributed by atoms with Crippen LogP contribution < -0.4 is 5.73 Å². The molecular weight excluding hydrogens is 414 g/mol. The van der Waals surface area contributed by atoms with Crippen molar-refractivity contribution in [3.8, 4) is 28.0 Å². The summed E-state index contributed by atoms with van der Waals surface area (Å²) in [7, 11) is 0. The van der Waals surface area contributed by atoms with E-state index in [9.17, 15) is 23.1 Å². The summed E-state index contributed by atoms with van der Waals surface area (Å²) in [5.41, 5.74) is 4.81. The van der Waals surface area contributed by atoms with Crippen LogP contribution in [0.1, 0.15) is 15.9 Å². The van der Waals surface area contributed by atoms with E-state index < -0.39 is 17.6 Å². The van der Waals surface area contributed by atoms with Gasteiger partial charge in [0.15, 0.2) is 0 Å². The highest BCUT2D eigenvalue weighted by Gasteiger charge is 2.33. The van der Waals surface area contributed by atoms with Crippen molar-refractivity contribution in [3.05, 3.63) is 75.8 Å². The van der Waals surface area contributed by atoms with E-state index in [2.05, 4.69) is 0 Å². The lowest BCUT2D eigenvalue weighted by molar-refractivity contribution is -0.137. The van der Waals surface area contributed by atoms with E-state index >= 15 is 0 Å². The molecule has 3 aromatic carbocycles. The van der Waals surface area contributed by atoms with Gasteiger partial charge in [0.1, 0.15) is 5.75 Å². The second-order valence-corrected chi connectivity index (χ2v) is 6.82. The Morgan fingerprint density at radius 1 is 0.929 bits per heavy atom. The Balaban J connectivity index is 2.46. The molecule has 0 heterocycles. The van der Waals surface area contributed by atoms with Crippen molar-refractivity contribution >= 4 is 29.1 Å². The van der Waals surface area contributed by atoms with E-state index in [0.717, 1.165) is 6.07 Å². The Hall–Kier alpha value is -2.70. The summed E-state index contributed by atoms with van der Waals surface area (Å²) in [5, 5.41) is 9.97. The maximum Gasteiger partial charge on any atom is 0.416 e. The lowest BCUT2D eigenvalue weighted by Crippen LogP contribution is -2.16. The highest BCUT2D eigenvalue weighted by atomic mass is 35.5. The number of amides is 1. The van der Waals surface area contributed by atoms with Crippen molar-refractivity contribution in [1.82, 2.24) is 0 Å². The Morgan fingerprint density at radius 2 is 1.57 bits per heavy atom. The number of phenolic OH excluding ortho intramolecular Hbond substituents is 1. The van der Waals surface area contributed by atoms with Crippen LogP contribution >= 0.6 is 23.2 Å². The van der Waals surface area contributed by atoms with Gasteiger partial charge < -0.3 is 10.8 Å². The number of carbonyl (C=O) groups excluding carboxylic acids is 1. The van der Waals surface area contributed by atoms with E-state index in [4.69, 9.17) is 28.9 Å². The second kappa shape index (κ2) is 7.37. The molecule has 0 aliphatic rings. The first kappa shape index (κ1) is 20.0. The van der Waals surface area contributed by atoms with Crippen LogP contribution in [0.15, 0.2) is 54.6 Å². The molecule has 0 spiro atoms. The van der Waals surface area contributed by atoms with Gasteiger partial charge in [-0.25, -0.2) is 0 Å². The van der Waals surface area contributed by atoms with Gasteiger partial charge in [0.05, 0.1) is 5.56 Å². The molecule has 0 atom stereocenters. The number of aromatic hydroxyl groups is 1. The Kier molecular flexibility index (Phi) is 5.28. The quantitative estimate of drug-likeness (QED) is 0.528. The third-order valence-electron chi connectivity index (χ3n) is 4.11. The Labute approximate surface area is 168 Å². The zero-order valence-corrected chi connectivity index (χ0v) is 15.5. The highest BCUT2D eigenvalue weighted by Crippen LogP contribution is 2.43. The molecular formula is C20H12Cl2F3NO2. The van der Waals surface area contributed by atoms with Crippen LogP contribution in [0.3, 0.4) is 0 Å². The summed E-state index contributed by atoms with van der Waals surface area (Å²) in [6.07, 6.45) is -4.70. The van der Waals surface area contributed by atoms with Crippen molar-refractivity contribution in [3.63, 3.8) is 0 Å². The normalized spacial score (nSPS) is 11.5. The molecule has 1 amide bonds. The van der Waals surface area contributed by atoms with Crippen molar-refractivity contribution in [2.24, 2.45) is 5.73 Å². The number of halogens is 5. The summed E-state index contributed by atoms with van der Waals surface area (Å²) in [5.74, 6) is -1.11. The molecule has 0 unspecified atom stereocenters. The Morgan fingerprint density at radius 3 is 2.14 bits per heavy atom. The maximum absolute atomic E-state index is 13.4. The van der Waals surface area contributed by atoms with Gasteiger partial charge in [-0.1, -0.05) is 35.3 Å². The number of primary amides is 1. The fourth-order valence-electron chi connectivity index (χ4n) is 2.85. The van der Waals surface area contributed by atoms with Gasteiger partial charge in [-0.15, -0.1) is 0 Å². The topological polar surface area (TPSA) is 63.3 Å². The minimum atomic E-state index is -4.70. The molecule has 0 aromatic heterocycles. The summed E-state index contributed by atoms with van der Waals surface area (Å²) in [6, 6.07) is 11.5. The van der Waals surface area contributed by atoms with Crippen molar-refractivity contribution in [2.75, 3.05) is 0 Å². The van der Waals surface area contributed by atoms with E-state index in [0.29, 0.717) is 11.6 Å². The molecule has 0 saturated heterocycles. The predicted octanol–water partition coefficient (Wildman–Crippen LogP) is 6.15. The van der Waals surface area contributed by atoms with Crippen LogP contribution in [0.25, 0.3) is 22.3 Å². The van der Waals surface area contributed by atoms with Crippen LogP contribution in [0, 0.1) is 0 Å². The summed E-state index contributed by atoms with van der Waals surface area (Å²) < 4.78 is 40.3. The molecule has 0 saturated carbocycles. The molecule has 28 heavy (non-hydrogen) atoms. The molecule has 3 N–H and O–H groups in total. The van der Waals surface area contributed by atoms with Crippen molar-refractivity contribution in [2.45, 2.75) is 6.18 Å². The zero-order valence-electron chi connectivity index (χ0n) is 14.0. The lowest BCUT2D eigenvalue weighted by atomic mass is 9.88. The first-order valence-corrected chi connectivity index (χ1v) is 8.63. The van der Waals surface area contributed by atoms with Gasteiger partial charge in [0, 0.05) is 26.7 Å². The van der Waals surface area contributed by atoms with Gasteiger partial charge in [0.2, 0.25) is 5.91 Å². The minimum absolute atomic E-state index is 0.0619. The number of carbonyl (C=O) groups is 1. The fourth-order valence-corrected chi connectivity index (χ4v) is 3.23. The van der Waals surface area contributed by atoms with E-state index in [1.165, 1.54) is 42.5 Å². The molecule has 144 valence electrons. The molecule has 0 aliphatic carbocycles. The van der Waals surface area contributed by atoms with Crippen LogP contribution in [0.5, 0.6) is 5.75 Å². The van der Waals surface area contributed by atoms with Gasteiger partial charge in [-0.3, -0.25) is 4.79 Å². The van der Waals surface area contributed by atoms with Crippen LogP contribution in [-0.2, 0) is 6.18 Å². The molecule has 3 rings (SSSR count). The van der Waals surface area contributed by atoms with Crippen LogP contribution in [0.2, 0.25) is 10.0 Å². The SMILES string of the molecule is NC(=O)c1cc(C(F)(F)F)cc(-c2ccc(O)cc2)c1-c1cc(Cl)ccc1Cl. The lowest BCUT2D eigenvalue weighted by Gasteiger charge is -2.19. The van der Waals surface area contributed by atoms with Gasteiger partial charge in [0.25, 0.3) is 0 Å². The molecule has 0 bridgehead atoms. The fraction of sp³-hybridized carbons (Fsp3) is 0.0500. The number of alkyl halides is 3. The largest absolute Gasteiger partial charge is 0.508 e. The monoisotopic (exact) mass is 425 g/mol. The third-order valence-corrected chi connectivity index (χ3v) is 4.67. The summed E-state index contributed by atoms with van der Waals surface area (Å²) >= 11 is 12.3. The zero-order chi connectivity index (χ0) is 20.6. The number of nitrogens with two attached hydrogens (primary N) is 1. The first-order valence-electron chi connectivity index (χ1n) is 7.88.